The molecule has 0 bridgehead atoms. The third-order valence-electron chi connectivity index (χ3n) is 3.03. The van der Waals surface area contributed by atoms with Gasteiger partial charge in [0.15, 0.2) is 0 Å². The van der Waals surface area contributed by atoms with Crippen LogP contribution in [0.25, 0.3) is 10.9 Å². The van der Waals surface area contributed by atoms with Crippen molar-refractivity contribution in [3.05, 3.63) is 36.0 Å². The fourth-order valence-electron chi connectivity index (χ4n) is 1.92. The van der Waals surface area contributed by atoms with Gasteiger partial charge in [-0.3, -0.25) is 9.00 Å². The molecule has 0 saturated heterocycles. The van der Waals surface area contributed by atoms with Crippen LogP contribution in [-0.2, 0) is 10.8 Å². The van der Waals surface area contributed by atoms with E-state index in [9.17, 15) is 9.00 Å². The van der Waals surface area contributed by atoms with E-state index in [1.165, 1.54) is 0 Å². The Morgan fingerprint density at radius 1 is 1.42 bits per heavy atom. The lowest BCUT2D eigenvalue weighted by Gasteiger charge is -2.13. The smallest absolute Gasteiger partial charge is 0.251 e. The minimum absolute atomic E-state index is 0.0262. The zero-order valence-corrected chi connectivity index (χ0v) is 11.9. The van der Waals surface area contributed by atoms with E-state index in [0.717, 1.165) is 17.3 Å². The fourth-order valence-corrected chi connectivity index (χ4v) is 2.60. The Balaban J connectivity index is 2.00. The number of H-pyrrole nitrogens is 1. The molecule has 0 aliphatic rings. The highest BCUT2D eigenvalue weighted by Crippen LogP contribution is 2.14. The topological polar surface area (TPSA) is 62.0 Å². The summed E-state index contributed by atoms with van der Waals surface area (Å²) < 4.78 is 11.0. The molecule has 2 N–H and O–H groups in total. The van der Waals surface area contributed by atoms with Crippen molar-refractivity contribution in [3.63, 3.8) is 0 Å². The molecule has 1 aromatic carbocycles. The van der Waals surface area contributed by atoms with Crippen LogP contribution in [0.5, 0.6) is 0 Å². The lowest BCUT2D eigenvalue weighted by Crippen LogP contribution is -2.33. The van der Waals surface area contributed by atoms with Gasteiger partial charge >= 0.3 is 0 Å². The Hall–Kier alpha value is -1.62. The monoisotopic (exact) mass is 278 g/mol. The Bertz CT molecular complexity index is 606. The average molecular weight is 278 g/mol. The molecule has 0 radical (unpaired) electrons. The van der Waals surface area contributed by atoms with Crippen LogP contribution in [0.15, 0.2) is 30.5 Å². The van der Waals surface area contributed by atoms with Crippen molar-refractivity contribution >= 4 is 27.6 Å². The molecule has 4 nitrogen and oxygen atoms in total. The number of hydrogen-bond donors (Lipinski definition) is 2. The second kappa shape index (κ2) is 6.02. The summed E-state index contributed by atoms with van der Waals surface area (Å²) in [6.07, 6.45) is 4.25. The van der Waals surface area contributed by atoms with E-state index in [-0.39, 0.29) is 11.9 Å². The predicted molar refractivity (Wildman–Crippen MR) is 78.8 cm³/mol. The number of fused-ring (bicyclic) bond motifs is 1. The van der Waals surface area contributed by atoms with Crippen LogP contribution in [0.1, 0.15) is 23.7 Å². The number of hydrogen-bond acceptors (Lipinski definition) is 2. The van der Waals surface area contributed by atoms with Crippen LogP contribution >= 0.6 is 0 Å². The number of aromatic amines is 1. The highest BCUT2D eigenvalue weighted by Gasteiger charge is 2.10. The van der Waals surface area contributed by atoms with Crippen molar-refractivity contribution in [3.8, 4) is 0 Å². The van der Waals surface area contributed by atoms with E-state index < -0.39 is 10.8 Å². The molecule has 2 atom stereocenters. The first kappa shape index (κ1) is 13.8. The minimum Gasteiger partial charge on any atom is -0.361 e. The molecule has 1 heterocycles. The molecule has 102 valence electrons. The summed E-state index contributed by atoms with van der Waals surface area (Å²) in [7, 11) is -0.814. The van der Waals surface area contributed by atoms with Crippen molar-refractivity contribution in [1.29, 1.82) is 0 Å². The molecule has 2 aromatic rings. The maximum atomic E-state index is 12.1. The molecule has 0 aliphatic heterocycles. The van der Waals surface area contributed by atoms with Gasteiger partial charge < -0.3 is 10.3 Å². The maximum absolute atomic E-state index is 12.1. The van der Waals surface area contributed by atoms with Gasteiger partial charge in [-0.15, -0.1) is 0 Å². The van der Waals surface area contributed by atoms with Crippen molar-refractivity contribution in [2.45, 2.75) is 19.4 Å². The normalized spacial score (nSPS) is 14.2. The quantitative estimate of drug-likeness (QED) is 0.879. The van der Waals surface area contributed by atoms with Crippen molar-refractivity contribution in [2.24, 2.45) is 0 Å². The summed E-state index contributed by atoms with van der Waals surface area (Å²) in [5.41, 5.74) is 1.67. The first-order chi connectivity index (χ1) is 9.06. The van der Waals surface area contributed by atoms with Gasteiger partial charge in [-0.25, -0.2) is 0 Å². The largest absolute Gasteiger partial charge is 0.361 e. The van der Waals surface area contributed by atoms with Gasteiger partial charge in [0.1, 0.15) is 0 Å². The van der Waals surface area contributed by atoms with Gasteiger partial charge in [-0.2, -0.15) is 0 Å². The van der Waals surface area contributed by atoms with Crippen LogP contribution in [0.3, 0.4) is 0 Å². The predicted octanol–water partition coefficient (Wildman–Crippen LogP) is 2.05. The summed E-state index contributed by atoms with van der Waals surface area (Å²) in [6, 6.07) is 7.54. The molecule has 5 heteroatoms. The Kier molecular flexibility index (Phi) is 4.37. The molecule has 0 saturated carbocycles. The summed E-state index contributed by atoms with van der Waals surface area (Å²) in [4.78, 5) is 15.2. The standard InChI is InChI=1S/C14H18N2O2S/c1-10(6-8-19(2)18)16-14(17)12-3-4-13-11(9-12)5-7-15-13/h3-5,7,9-10,15H,6,8H2,1-2H3,(H,16,17). The first-order valence-corrected chi connectivity index (χ1v) is 7.97. The summed E-state index contributed by atoms with van der Waals surface area (Å²) in [6.45, 7) is 1.93. The molecule has 2 rings (SSSR count). The van der Waals surface area contributed by atoms with Crippen molar-refractivity contribution < 1.29 is 9.00 Å². The third kappa shape index (κ3) is 3.67. The zero-order chi connectivity index (χ0) is 13.8. The third-order valence-corrected chi connectivity index (χ3v) is 3.84. The average Bonchev–Trinajstić information content (AvgIpc) is 2.83. The van der Waals surface area contributed by atoms with Crippen LogP contribution in [0.2, 0.25) is 0 Å². The van der Waals surface area contributed by atoms with E-state index in [4.69, 9.17) is 0 Å². The number of carbonyl (C=O) groups is 1. The molecular formula is C14H18N2O2S. The highest BCUT2D eigenvalue weighted by molar-refractivity contribution is 7.84. The van der Waals surface area contributed by atoms with Crippen LogP contribution in [0.4, 0.5) is 0 Å². The van der Waals surface area contributed by atoms with Gasteiger partial charge in [0.2, 0.25) is 0 Å². The van der Waals surface area contributed by atoms with Gasteiger partial charge in [0, 0.05) is 51.5 Å². The number of carbonyl (C=O) groups excluding carboxylic acids is 1. The number of benzene rings is 1. The Labute approximate surface area is 115 Å². The summed E-state index contributed by atoms with van der Waals surface area (Å²) in [5.74, 6) is 0.524. The van der Waals surface area contributed by atoms with E-state index in [1.807, 2.05) is 31.3 Å². The molecule has 19 heavy (non-hydrogen) atoms. The van der Waals surface area contributed by atoms with E-state index in [1.54, 1.807) is 12.3 Å². The van der Waals surface area contributed by atoms with E-state index >= 15 is 0 Å². The second-order valence-corrected chi connectivity index (χ2v) is 6.27. The molecule has 2 unspecified atom stereocenters. The number of rotatable bonds is 5. The number of aromatic nitrogens is 1. The summed E-state index contributed by atoms with van der Waals surface area (Å²) >= 11 is 0. The van der Waals surface area contributed by atoms with Crippen molar-refractivity contribution in [1.82, 2.24) is 10.3 Å². The zero-order valence-electron chi connectivity index (χ0n) is 11.1. The molecule has 0 fully saturated rings. The Morgan fingerprint density at radius 2 is 2.21 bits per heavy atom. The van der Waals surface area contributed by atoms with Gasteiger partial charge in [0.05, 0.1) is 0 Å². The maximum Gasteiger partial charge on any atom is 0.251 e. The lowest BCUT2D eigenvalue weighted by atomic mass is 10.1. The molecule has 0 aliphatic carbocycles. The molecule has 0 spiro atoms. The van der Waals surface area contributed by atoms with Crippen LogP contribution < -0.4 is 5.32 Å². The SMILES string of the molecule is CC(CCS(C)=O)NC(=O)c1ccc2[nH]ccc2c1. The van der Waals surface area contributed by atoms with Crippen molar-refractivity contribution in [2.75, 3.05) is 12.0 Å². The van der Waals surface area contributed by atoms with Crippen LogP contribution in [0, 0.1) is 0 Å². The fraction of sp³-hybridized carbons (Fsp3) is 0.357. The van der Waals surface area contributed by atoms with Gasteiger partial charge in [-0.1, -0.05) is 0 Å². The lowest BCUT2D eigenvalue weighted by molar-refractivity contribution is 0.0939. The second-order valence-electron chi connectivity index (χ2n) is 4.72. The first-order valence-electron chi connectivity index (χ1n) is 6.24. The number of nitrogens with one attached hydrogen (secondary N) is 2. The Morgan fingerprint density at radius 3 is 2.95 bits per heavy atom. The van der Waals surface area contributed by atoms with Gasteiger partial charge in [0.25, 0.3) is 5.91 Å². The minimum atomic E-state index is -0.814. The summed E-state index contributed by atoms with van der Waals surface area (Å²) in [5, 5.41) is 3.95. The van der Waals surface area contributed by atoms with E-state index in [0.29, 0.717) is 11.3 Å². The van der Waals surface area contributed by atoms with Gasteiger partial charge in [-0.05, 0) is 37.6 Å². The molecule has 1 amide bonds. The van der Waals surface area contributed by atoms with Crippen LogP contribution in [-0.4, -0.2) is 33.2 Å². The number of amides is 1. The molecule has 1 aromatic heterocycles. The highest BCUT2D eigenvalue weighted by atomic mass is 32.2. The van der Waals surface area contributed by atoms with E-state index in [2.05, 4.69) is 10.3 Å². The molecular weight excluding hydrogens is 260 g/mol.